The van der Waals surface area contributed by atoms with E-state index in [1.165, 1.54) is 5.56 Å². The number of methoxy groups -OCH3 is 1. The molecule has 2 rings (SSSR count). The number of hydrogen-bond donors (Lipinski definition) is 1. The molecule has 106 valence electrons. The molecule has 1 aromatic carbocycles. The van der Waals surface area contributed by atoms with Crippen LogP contribution < -0.4 is 10.2 Å². The molecule has 0 bridgehead atoms. The van der Waals surface area contributed by atoms with Crippen LogP contribution >= 0.6 is 31.9 Å². The van der Waals surface area contributed by atoms with Gasteiger partial charge >= 0.3 is 0 Å². The van der Waals surface area contributed by atoms with Crippen molar-refractivity contribution in [3.8, 4) is 5.75 Å². The first-order chi connectivity index (χ1) is 9.10. The third-order valence-corrected chi connectivity index (χ3v) is 4.45. The second kappa shape index (κ2) is 7.04. The summed E-state index contributed by atoms with van der Waals surface area (Å²) in [5.41, 5.74) is 4.70. The first-order valence-corrected chi connectivity index (χ1v) is 7.87. The number of halogens is 2. The van der Waals surface area contributed by atoms with Crippen LogP contribution in [0.4, 0.5) is 0 Å². The molecule has 1 aliphatic heterocycles. The summed E-state index contributed by atoms with van der Waals surface area (Å²) >= 11 is 7.06. The Kier molecular flexibility index (Phi) is 5.65. The fourth-order valence-corrected chi connectivity index (χ4v) is 3.68. The van der Waals surface area contributed by atoms with Crippen LogP contribution in [0.3, 0.4) is 0 Å². The molecule has 0 aromatic heterocycles. The Labute approximate surface area is 131 Å². The van der Waals surface area contributed by atoms with Crippen molar-refractivity contribution in [3.05, 3.63) is 26.6 Å². The molecule has 4 nitrogen and oxygen atoms in total. The summed E-state index contributed by atoms with van der Waals surface area (Å²) in [6.07, 6.45) is 0. The largest absolute Gasteiger partial charge is 0.494 e. The smallest absolute Gasteiger partial charge is 0.147 e. The van der Waals surface area contributed by atoms with Gasteiger partial charge in [0.2, 0.25) is 0 Å². The van der Waals surface area contributed by atoms with Crippen LogP contribution in [-0.2, 0) is 6.54 Å². The van der Waals surface area contributed by atoms with E-state index in [9.17, 15) is 0 Å². The molecule has 1 fully saturated rings. The molecule has 6 heteroatoms. The molecule has 1 aromatic rings. The summed E-state index contributed by atoms with van der Waals surface area (Å²) in [6, 6.07) is 4.18. The summed E-state index contributed by atoms with van der Waals surface area (Å²) in [5.74, 6) is 0.836. The van der Waals surface area contributed by atoms with E-state index in [1.807, 2.05) is 0 Å². The van der Waals surface area contributed by atoms with Crippen LogP contribution in [-0.4, -0.2) is 50.2 Å². The highest BCUT2D eigenvalue weighted by Crippen LogP contribution is 2.34. The average molecular weight is 393 g/mol. The lowest BCUT2D eigenvalue weighted by Gasteiger charge is -2.32. The van der Waals surface area contributed by atoms with Crippen molar-refractivity contribution in [3.63, 3.8) is 0 Å². The third-order valence-electron chi connectivity index (χ3n) is 3.27. The van der Waals surface area contributed by atoms with Gasteiger partial charge in [0, 0.05) is 32.7 Å². The minimum Gasteiger partial charge on any atom is -0.494 e. The zero-order chi connectivity index (χ0) is 13.8. The van der Waals surface area contributed by atoms with Crippen LogP contribution in [0.5, 0.6) is 5.75 Å². The minimum absolute atomic E-state index is 0.824. The van der Waals surface area contributed by atoms with E-state index < -0.39 is 0 Å². The quantitative estimate of drug-likeness (QED) is 0.851. The normalized spacial score (nSPS) is 17.7. The summed E-state index contributed by atoms with van der Waals surface area (Å²) in [7, 11) is 3.84. The zero-order valence-corrected chi connectivity index (χ0v) is 14.4. The SMILES string of the molecule is COc1c(Br)cc(CNN2CCN(C)CC2)cc1Br. The molecule has 1 N–H and O–H groups in total. The van der Waals surface area contributed by atoms with Crippen molar-refractivity contribution >= 4 is 31.9 Å². The number of hydrazine groups is 1. The molecular weight excluding hydrogens is 374 g/mol. The molecule has 0 spiro atoms. The van der Waals surface area contributed by atoms with Crippen molar-refractivity contribution in [1.82, 2.24) is 15.3 Å². The van der Waals surface area contributed by atoms with Crippen LogP contribution in [0.1, 0.15) is 5.56 Å². The number of likely N-dealkylation sites (N-methyl/N-ethyl adjacent to an activating group) is 1. The second-order valence-electron chi connectivity index (χ2n) is 4.72. The van der Waals surface area contributed by atoms with Gasteiger partial charge in [-0.3, -0.25) is 5.43 Å². The van der Waals surface area contributed by atoms with Crippen molar-refractivity contribution in [2.24, 2.45) is 0 Å². The van der Waals surface area contributed by atoms with Crippen LogP contribution in [0.25, 0.3) is 0 Å². The molecule has 1 saturated heterocycles. The van der Waals surface area contributed by atoms with E-state index in [-0.39, 0.29) is 0 Å². The minimum atomic E-state index is 0.824. The molecule has 0 atom stereocenters. The molecule has 0 unspecified atom stereocenters. The highest BCUT2D eigenvalue weighted by molar-refractivity contribution is 9.11. The Balaban J connectivity index is 1.93. The number of nitrogens with one attached hydrogen (secondary N) is 1. The van der Waals surface area contributed by atoms with Gasteiger partial charge in [-0.25, -0.2) is 5.01 Å². The monoisotopic (exact) mass is 391 g/mol. The van der Waals surface area contributed by atoms with E-state index in [4.69, 9.17) is 4.74 Å². The van der Waals surface area contributed by atoms with Gasteiger partial charge in [0.15, 0.2) is 0 Å². The van der Waals surface area contributed by atoms with Crippen molar-refractivity contribution in [2.45, 2.75) is 6.54 Å². The maximum Gasteiger partial charge on any atom is 0.147 e. The highest BCUT2D eigenvalue weighted by atomic mass is 79.9. The predicted molar refractivity (Wildman–Crippen MR) is 84.3 cm³/mol. The Bertz CT molecular complexity index is 411. The number of rotatable bonds is 4. The van der Waals surface area contributed by atoms with Crippen molar-refractivity contribution < 1.29 is 4.74 Å². The Morgan fingerprint density at radius 1 is 1.16 bits per heavy atom. The average Bonchev–Trinajstić information content (AvgIpc) is 2.38. The van der Waals surface area contributed by atoms with Gasteiger partial charge < -0.3 is 9.64 Å². The third kappa shape index (κ3) is 4.16. The number of ether oxygens (including phenoxy) is 1. The van der Waals surface area contributed by atoms with E-state index in [1.54, 1.807) is 7.11 Å². The van der Waals surface area contributed by atoms with E-state index in [0.717, 1.165) is 47.4 Å². The molecule has 1 aliphatic rings. The first-order valence-electron chi connectivity index (χ1n) is 6.29. The topological polar surface area (TPSA) is 27.7 Å². The molecule has 0 saturated carbocycles. The van der Waals surface area contributed by atoms with Crippen LogP contribution in [0.15, 0.2) is 21.1 Å². The Hall–Kier alpha value is -0.140. The molecule has 0 amide bonds. The number of nitrogens with zero attached hydrogens (tertiary/aromatic N) is 2. The van der Waals surface area contributed by atoms with Gasteiger partial charge in [-0.1, -0.05) is 0 Å². The van der Waals surface area contributed by atoms with Crippen LogP contribution in [0.2, 0.25) is 0 Å². The fourth-order valence-electron chi connectivity index (χ4n) is 2.08. The van der Waals surface area contributed by atoms with E-state index >= 15 is 0 Å². The Morgan fingerprint density at radius 3 is 2.26 bits per heavy atom. The molecule has 1 heterocycles. The van der Waals surface area contributed by atoms with Gasteiger partial charge in [0.05, 0.1) is 16.1 Å². The van der Waals surface area contributed by atoms with Crippen molar-refractivity contribution in [1.29, 1.82) is 0 Å². The van der Waals surface area contributed by atoms with Gasteiger partial charge in [-0.2, -0.15) is 0 Å². The van der Waals surface area contributed by atoms with Crippen LogP contribution in [0, 0.1) is 0 Å². The van der Waals surface area contributed by atoms with E-state index in [0.29, 0.717) is 0 Å². The maximum absolute atomic E-state index is 5.31. The maximum atomic E-state index is 5.31. The standard InChI is InChI=1S/C13H19Br2N3O/c1-17-3-5-18(6-4-17)16-9-10-7-11(14)13(19-2)12(15)8-10/h7-8,16H,3-6,9H2,1-2H3. The van der Waals surface area contributed by atoms with Gasteiger partial charge in [0.1, 0.15) is 5.75 Å². The lowest BCUT2D eigenvalue weighted by Crippen LogP contribution is -2.50. The van der Waals surface area contributed by atoms with Gasteiger partial charge in [0.25, 0.3) is 0 Å². The molecule has 19 heavy (non-hydrogen) atoms. The Morgan fingerprint density at radius 2 is 1.74 bits per heavy atom. The summed E-state index contributed by atoms with van der Waals surface area (Å²) in [4.78, 5) is 2.35. The lowest BCUT2D eigenvalue weighted by molar-refractivity contribution is 0.102. The number of piperazine rings is 1. The highest BCUT2D eigenvalue weighted by Gasteiger charge is 2.13. The number of hydrogen-bond acceptors (Lipinski definition) is 4. The summed E-state index contributed by atoms with van der Waals surface area (Å²) in [6.45, 7) is 5.18. The lowest BCUT2D eigenvalue weighted by atomic mass is 10.2. The zero-order valence-electron chi connectivity index (χ0n) is 11.2. The van der Waals surface area contributed by atoms with Gasteiger partial charge in [-0.15, -0.1) is 0 Å². The second-order valence-corrected chi connectivity index (χ2v) is 6.43. The van der Waals surface area contributed by atoms with E-state index in [2.05, 4.69) is 66.4 Å². The number of benzene rings is 1. The van der Waals surface area contributed by atoms with Crippen molar-refractivity contribution in [2.75, 3.05) is 40.3 Å². The fraction of sp³-hybridized carbons (Fsp3) is 0.538. The summed E-state index contributed by atoms with van der Waals surface area (Å²) in [5, 5.41) is 2.28. The predicted octanol–water partition coefficient (Wildman–Crippen LogP) is 2.47. The van der Waals surface area contributed by atoms with Gasteiger partial charge in [-0.05, 0) is 56.6 Å². The molecule has 0 aliphatic carbocycles. The first kappa shape index (κ1) is 15.3. The molecular formula is C13H19Br2N3O. The summed E-state index contributed by atoms with van der Waals surface area (Å²) < 4.78 is 7.25. The molecule has 0 radical (unpaired) electrons.